The van der Waals surface area contributed by atoms with Gasteiger partial charge in [0.2, 0.25) is 0 Å². The van der Waals surface area contributed by atoms with Crippen molar-refractivity contribution in [1.29, 1.82) is 0 Å². The number of carbonyl (C=O) groups is 1. The van der Waals surface area contributed by atoms with E-state index in [4.69, 9.17) is 5.11 Å². The van der Waals surface area contributed by atoms with Crippen LogP contribution in [0.2, 0.25) is 0 Å². The zero-order valence-electron chi connectivity index (χ0n) is 9.51. The third kappa shape index (κ3) is 3.43. The summed E-state index contributed by atoms with van der Waals surface area (Å²) in [6, 6.07) is -0.151. The van der Waals surface area contributed by atoms with Crippen molar-refractivity contribution in [3.63, 3.8) is 0 Å². The number of nitrogens with zero attached hydrogens (tertiary/aromatic N) is 1. The highest BCUT2D eigenvalue weighted by Crippen LogP contribution is 2.19. The summed E-state index contributed by atoms with van der Waals surface area (Å²) in [6.07, 6.45) is 0.767. The summed E-state index contributed by atoms with van der Waals surface area (Å²) < 4.78 is 27.3. The fourth-order valence-corrected chi connectivity index (χ4v) is 3.15. The average Bonchev–Trinajstić information content (AvgIpc) is 2.16. The summed E-state index contributed by atoms with van der Waals surface area (Å²) in [5.74, 6) is -1.25. The number of carboxylic acids is 1. The highest BCUT2D eigenvalue weighted by molar-refractivity contribution is 7.87. The number of hydrogen-bond acceptors (Lipinski definition) is 3. The molecule has 0 aromatic rings. The van der Waals surface area contributed by atoms with Crippen molar-refractivity contribution in [2.75, 3.05) is 13.1 Å². The quantitative estimate of drug-likeness (QED) is 0.736. The van der Waals surface area contributed by atoms with Gasteiger partial charge in [-0.25, -0.2) is 0 Å². The molecular formula is C9H18N2O4S. The molecule has 0 unspecified atom stereocenters. The van der Waals surface area contributed by atoms with E-state index in [1.54, 1.807) is 13.8 Å². The molecule has 0 radical (unpaired) electrons. The van der Waals surface area contributed by atoms with Crippen LogP contribution in [-0.2, 0) is 15.0 Å². The predicted molar refractivity (Wildman–Crippen MR) is 59.1 cm³/mol. The normalized spacial score (nSPS) is 20.2. The maximum Gasteiger partial charge on any atom is 0.306 e. The van der Waals surface area contributed by atoms with E-state index in [-0.39, 0.29) is 19.1 Å². The van der Waals surface area contributed by atoms with Crippen molar-refractivity contribution in [2.24, 2.45) is 5.92 Å². The number of nitrogens with one attached hydrogen (secondary N) is 1. The van der Waals surface area contributed by atoms with Crippen LogP contribution in [0.25, 0.3) is 0 Å². The minimum Gasteiger partial charge on any atom is -0.481 e. The summed E-state index contributed by atoms with van der Waals surface area (Å²) in [6.45, 7) is 4.06. The van der Waals surface area contributed by atoms with Crippen LogP contribution < -0.4 is 4.72 Å². The molecule has 0 atom stereocenters. The first-order valence-corrected chi connectivity index (χ1v) is 6.77. The van der Waals surface area contributed by atoms with E-state index in [0.717, 1.165) is 0 Å². The predicted octanol–water partition coefficient (Wildman–Crippen LogP) is 0.0258. The van der Waals surface area contributed by atoms with Gasteiger partial charge < -0.3 is 5.11 Å². The van der Waals surface area contributed by atoms with Gasteiger partial charge in [0.15, 0.2) is 0 Å². The average molecular weight is 250 g/mol. The molecule has 1 saturated heterocycles. The molecule has 1 aliphatic heterocycles. The number of aliphatic carboxylic acids is 1. The maximum absolute atomic E-state index is 11.7. The summed E-state index contributed by atoms with van der Waals surface area (Å²) in [4.78, 5) is 10.7. The first-order chi connectivity index (χ1) is 7.33. The molecule has 16 heavy (non-hydrogen) atoms. The van der Waals surface area contributed by atoms with Gasteiger partial charge in [-0.3, -0.25) is 4.79 Å². The minimum atomic E-state index is -3.44. The molecule has 94 valence electrons. The van der Waals surface area contributed by atoms with Gasteiger partial charge in [0, 0.05) is 19.1 Å². The van der Waals surface area contributed by atoms with E-state index in [1.807, 2.05) is 0 Å². The maximum atomic E-state index is 11.7. The SMILES string of the molecule is CC(C)NS(=O)(=O)N1CCC(C(=O)O)CC1. The van der Waals surface area contributed by atoms with Crippen molar-refractivity contribution in [3.8, 4) is 0 Å². The second kappa shape index (κ2) is 5.11. The number of hydrogen-bond donors (Lipinski definition) is 2. The fraction of sp³-hybridized carbons (Fsp3) is 0.889. The zero-order chi connectivity index (χ0) is 12.3. The van der Waals surface area contributed by atoms with Crippen molar-refractivity contribution in [2.45, 2.75) is 32.7 Å². The summed E-state index contributed by atoms with van der Waals surface area (Å²) in [7, 11) is -3.44. The Labute approximate surface area is 95.8 Å². The van der Waals surface area contributed by atoms with E-state index in [9.17, 15) is 13.2 Å². The number of rotatable bonds is 4. The van der Waals surface area contributed by atoms with Gasteiger partial charge in [0.1, 0.15) is 0 Å². The molecule has 1 heterocycles. The number of carboxylic acid groups (broad SMARTS) is 1. The number of piperidine rings is 1. The van der Waals surface area contributed by atoms with Gasteiger partial charge in [-0.2, -0.15) is 17.4 Å². The Bertz CT molecular complexity index is 345. The van der Waals surface area contributed by atoms with Crippen LogP contribution in [0.4, 0.5) is 0 Å². The largest absolute Gasteiger partial charge is 0.481 e. The van der Waals surface area contributed by atoms with E-state index >= 15 is 0 Å². The third-order valence-corrected chi connectivity index (χ3v) is 4.34. The first-order valence-electron chi connectivity index (χ1n) is 5.33. The lowest BCUT2D eigenvalue weighted by Gasteiger charge is -2.29. The molecule has 2 N–H and O–H groups in total. The Morgan fingerprint density at radius 1 is 1.38 bits per heavy atom. The lowest BCUT2D eigenvalue weighted by molar-refractivity contribution is -0.142. The minimum absolute atomic E-state index is 0.151. The molecule has 0 amide bonds. The highest BCUT2D eigenvalue weighted by Gasteiger charge is 2.30. The van der Waals surface area contributed by atoms with Gasteiger partial charge in [-0.05, 0) is 26.7 Å². The van der Waals surface area contributed by atoms with Gasteiger partial charge in [-0.15, -0.1) is 0 Å². The van der Waals surface area contributed by atoms with Crippen LogP contribution in [-0.4, -0.2) is 42.9 Å². The van der Waals surface area contributed by atoms with Crippen LogP contribution in [0, 0.1) is 5.92 Å². The molecule has 0 spiro atoms. The van der Waals surface area contributed by atoms with Crippen LogP contribution in [0.1, 0.15) is 26.7 Å². The molecule has 1 rings (SSSR count). The Balaban J connectivity index is 2.56. The van der Waals surface area contributed by atoms with Crippen molar-refractivity contribution in [3.05, 3.63) is 0 Å². The highest BCUT2D eigenvalue weighted by atomic mass is 32.2. The molecule has 0 aromatic heterocycles. The van der Waals surface area contributed by atoms with Crippen LogP contribution in [0.15, 0.2) is 0 Å². The molecule has 1 fully saturated rings. The van der Waals surface area contributed by atoms with Crippen LogP contribution in [0.5, 0.6) is 0 Å². The van der Waals surface area contributed by atoms with Crippen molar-refractivity contribution >= 4 is 16.2 Å². The van der Waals surface area contributed by atoms with E-state index in [2.05, 4.69) is 4.72 Å². The topological polar surface area (TPSA) is 86.7 Å². The Hall–Kier alpha value is -0.660. The standard InChI is InChI=1S/C9H18N2O4S/c1-7(2)10-16(14,15)11-5-3-8(4-6-11)9(12)13/h7-8,10H,3-6H2,1-2H3,(H,12,13). The van der Waals surface area contributed by atoms with Gasteiger partial charge in [-0.1, -0.05) is 0 Å². The Kier molecular flexibility index (Phi) is 4.28. The fourth-order valence-electron chi connectivity index (χ4n) is 1.72. The zero-order valence-corrected chi connectivity index (χ0v) is 10.3. The molecule has 0 saturated carbocycles. The van der Waals surface area contributed by atoms with Gasteiger partial charge in [0.05, 0.1) is 5.92 Å². The lowest BCUT2D eigenvalue weighted by atomic mass is 9.99. The summed E-state index contributed by atoms with van der Waals surface area (Å²) in [5.41, 5.74) is 0. The lowest BCUT2D eigenvalue weighted by Crippen LogP contribution is -2.47. The summed E-state index contributed by atoms with van der Waals surface area (Å²) >= 11 is 0. The van der Waals surface area contributed by atoms with E-state index in [0.29, 0.717) is 12.8 Å². The third-order valence-electron chi connectivity index (χ3n) is 2.53. The van der Waals surface area contributed by atoms with E-state index < -0.39 is 22.1 Å². The molecular weight excluding hydrogens is 232 g/mol. The van der Waals surface area contributed by atoms with Gasteiger partial charge in [0.25, 0.3) is 10.2 Å². The first kappa shape index (κ1) is 13.4. The van der Waals surface area contributed by atoms with Crippen molar-refractivity contribution < 1.29 is 18.3 Å². The molecule has 0 aromatic carbocycles. The molecule has 6 nitrogen and oxygen atoms in total. The molecule has 1 aliphatic rings. The second-order valence-corrected chi connectivity index (χ2v) is 5.99. The Morgan fingerprint density at radius 2 is 1.88 bits per heavy atom. The smallest absolute Gasteiger partial charge is 0.306 e. The Morgan fingerprint density at radius 3 is 2.25 bits per heavy atom. The summed E-state index contributed by atoms with van der Waals surface area (Å²) in [5, 5.41) is 8.79. The molecule has 7 heteroatoms. The molecule has 0 bridgehead atoms. The van der Waals surface area contributed by atoms with Crippen LogP contribution >= 0.6 is 0 Å². The monoisotopic (exact) mass is 250 g/mol. The van der Waals surface area contributed by atoms with Gasteiger partial charge >= 0.3 is 5.97 Å². The van der Waals surface area contributed by atoms with Crippen LogP contribution in [0.3, 0.4) is 0 Å². The molecule has 0 aliphatic carbocycles. The second-order valence-electron chi connectivity index (χ2n) is 4.29. The van der Waals surface area contributed by atoms with E-state index in [1.165, 1.54) is 4.31 Å². The van der Waals surface area contributed by atoms with Crippen molar-refractivity contribution in [1.82, 2.24) is 9.03 Å².